The number of fused-ring (bicyclic) bond motifs is 1. The summed E-state index contributed by atoms with van der Waals surface area (Å²) in [6.45, 7) is 4.99. The SMILES string of the molecule is CN(Cc1ccc(NC2Cc3ccccc3C2(C)C)cn1)C(=O)C1CCC(=O)N1C. The van der Waals surface area contributed by atoms with Crippen molar-refractivity contribution in [2.75, 3.05) is 19.4 Å². The summed E-state index contributed by atoms with van der Waals surface area (Å²) >= 11 is 0. The second-order valence-electron chi connectivity index (χ2n) is 9.07. The van der Waals surface area contributed by atoms with Gasteiger partial charge in [0, 0.05) is 32.0 Å². The summed E-state index contributed by atoms with van der Waals surface area (Å²) in [7, 11) is 3.47. The Balaban J connectivity index is 1.38. The molecule has 2 unspecified atom stereocenters. The lowest BCUT2D eigenvalue weighted by atomic mass is 9.83. The highest BCUT2D eigenvalue weighted by molar-refractivity contribution is 5.90. The second kappa shape index (κ2) is 7.74. The fourth-order valence-electron chi connectivity index (χ4n) is 4.69. The summed E-state index contributed by atoms with van der Waals surface area (Å²) in [6, 6.07) is 12.6. The minimum Gasteiger partial charge on any atom is -0.380 e. The topological polar surface area (TPSA) is 65.5 Å². The maximum atomic E-state index is 12.7. The van der Waals surface area contributed by atoms with Crippen molar-refractivity contribution in [3.8, 4) is 0 Å². The highest BCUT2D eigenvalue weighted by atomic mass is 16.2. The van der Waals surface area contributed by atoms with Crippen LogP contribution in [0.5, 0.6) is 0 Å². The van der Waals surface area contributed by atoms with Crippen molar-refractivity contribution < 1.29 is 9.59 Å². The lowest BCUT2D eigenvalue weighted by molar-refractivity contribution is -0.139. The molecule has 1 saturated heterocycles. The van der Waals surface area contributed by atoms with E-state index in [1.165, 1.54) is 11.1 Å². The van der Waals surface area contributed by atoms with Gasteiger partial charge in [0.15, 0.2) is 0 Å². The van der Waals surface area contributed by atoms with E-state index in [0.29, 0.717) is 25.4 Å². The number of anilines is 1. The molecule has 2 amide bonds. The maximum absolute atomic E-state index is 12.7. The molecule has 2 aromatic rings. The maximum Gasteiger partial charge on any atom is 0.245 e. The monoisotopic (exact) mass is 406 g/mol. The van der Waals surface area contributed by atoms with Crippen LogP contribution in [0.2, 0.25) is 0 Å². The van der Waals surface area contributed by atoms with E-state index in [1.54, 1.807) is 23.9 Å². The van der Waals surface area contributed by atoms with E-state index in [0.717, 1.165) is 17.8 Å². The van der Waals surface area contributed by atoms with Crippen LogP contribution >= 0.6 is 0 Å². The first-order chi connectivity index (χ1) is 14.3. The number of nitrogens with one attached hydrogen (secondary N) is 1. The molecule has 2 atom stereocenters. The van der Waals surface area contributed by atoms with Crippen LogP contribution in [0.3, 0.4) is 0 Å². The molecule has 1 aromatic heterocycles. The van der Waals surface area contributed by atoms with Crippen LogP contribution in [0.25, 0.3) is 0 Å². The molecule has 4 rings (SSSR count). The van der Waals surface area contributed by atoms with Gasteiger partial charge in [0.25, 0.3) is 0 Å². The van der Waals surface area contributed by atoms with E-state index >= 15 is 0 Å². The molecule has 1 fully saturated rings. The van der Waals surface area contributed by atoms with Crippen LogP contribution in [0.1, 0.15) is 43.5 Å². The van der Waals surface area contributed by atoms with Gasteiger partial charge in [0.2, 0.25) is 11.8 Å². The van der Waals surface area contributed by atoms with Gasteiger partial charge in [-0.2, -0.15) is 0 Å². The van der Waals surface area contributed by atoms with E-state index in [-0.39, 0.29) is 23.3 Å². The Morgan fingerprint density at radius 2 is 2.03 bits per heavy atom. The third-order valence-corrected chi connectivity index (χ3v) is 6.73. The third-order valence-electron chi connectivity index (χ3n) is 6.73. The Bertz CT molecular complexity index is 954. The zero-order chi connectivity index (χ0) is 21.5. The number of nitrogens with zero attached hydrogens (tertiary/aromatic N) is 3. The van der Waals surface area contributed by atoms with E-state index in [1.807, 2.05) is 18.3 Å². The van der Waals surface area contributed by atoms with Crippen molar-refractivity contribution >= 4 is 17.5 Å². The van der Waals surface area contributed by atoms with E-state index < -0.39 is 0 Å². The van der Waals surface area contributed by atoms with Crippen molar-refractivity contribution in [3.05, 3.63) is 59.4 Å². The summed E-state index contributed by atoms with van der Waals surface area (Å²) in [6.07, 6.45) is 3.88. The van der Waals surface area contributed by atoms with Gasteiger partial charge in [-0.3, -0.25) is 14.6 Å². The predicted octanol–water partition coefficient (Wildman–Crippen LogP) is 2.98. The smallest absolute Gasteiger partial charge is 0.245 e. The van der Waals surface area contributed by atoms with Crippen LogP contribution in [-0.2, 0) is 28.0 Å². The van der Waals surface area contributed by atoms with Gasteiger partial charge in [-0.05, 0) is 36.1 Å². The van der Waals surface area contributed by atoms with Crippen LogP contribution in [0.15, 0.2) is 42.6 Å². The molecule has 2 heterocycles. The standard InChI is InChI=1S/C24H30N4O2/c1-24(2)19-8-6-5-7-16(19)13-21(24)26-17-9-10-18(25-14-17)15-27(3)23(30)20-11-12-22(29)28(20)4/h5-10,14,20-21,26H,11-13,15H2,1-4H3. The van der Waals surface area contributed by atoms with Gasteiger partial charge in [-0.1, -0.05) is 38.1 Å². The second-order valence-corrected chi connectivity index (χ2v) is 9.07. The molecular weight excluding hydrogens is 376 g/mol. The van der Waals surface area contributed by atoms with Gasteiger partial charge in [-0.25, -0.2) is 0 Å². The first-order valence-electron chi connectivity index (χ1n) is 10.6. The Labute approximate surface area is 178 Å². The lowest BCUT2D eigenvalue weighted by Crippen LogP contribution is -2.43. The molecule has 30 heavy (non-hydrogen) atoms. The Kier molecular flexibility index (Phi) is 5.26. The van der Waals surface area contributed by atoms with Gasteiger partial charge in [0.1, 0.15) is 6.04 Å². The fourth-order valence-corrected chi connectivity index (χ4v) is 4.69. The van der Waals surface area contributed by atoms with Crippen molar-refractivity contribution in [2.45, 2.75) is 57.2 Å². The number of carbonyl (C=O) groups excluding carboxylic acids is 2. The normalized spacial score (nSPS) is 22.1. The first-order valence-corrected chi connectivity index (χ1v) is 10.6. The number of pyridine rings is 1. The quantitative estimate of drug-likeness (QED) is 0.829. The van der Waals surface area contributed by atoms with Crippen LogP contribution in [-0.4, -0.2) is 52.8 Å². The number of amides is 2. The molecule has 0 radical (unpaired) electrons. The summed E-state index contributed by atoms with van der Waals surface area (Å²) in [5.74, 6) is 0.00473. The van der Waals surface area contributed by atoms with Crippen LogP contribution in [0.4, 0.5) is 5.69 Å². The Hall–Kier alpha value is -2.89. The zero-order valence-corrected chi connectivity index (χ0v) is 18.2. The van der Waals surface area contributed by atoms with Crippen LogP contribution < -0.4 is 5.32 Å². The average Bonchev–Trinajstić information content (AvgIpc) is 3.19. The van der Waals surface area contributed by atoms with Gasteiger partial charge >= 0.3 is 0 Å². The Morgan fingerprint density at radius 3 is 2.67 bits per heavy atom. The lowest BCUT2D eigenvalue weighted by Gasteiger charge is -2.30. The third kappa shape index (κ3) is 3.66. The molecule has 0 spiro atoms. The molecule has 0 saturated carbocycles. The number of likely N-dealkylation sites (tertiary alicyclic amines) is 1. The minimum atomic E-state index is -0.352. The number of benzene rings is 1. The number of carbonyl (C=O) groups is 2. The average molecular weight is 407 g/mol. The van der Waals surface area contributed by atoms with Crippen LogP contribution in [0, 0.1) is 0 Å². The van der Waals surface area contributed by atoms with Gasteiger partial charge in [0.05, 0.1) is 24.1 Å². The molecule has 6 nitrogen and oxygen atoms in total. The summed E-state index contributed by atoms with van der Waals surface area (Å²) in [5, 5.41) is 3.65. The molecule has 1 aliphatic heterocycles. The zero-order valence-electron chi connectivity index (χ0n) is 18.2. The molecule has 0 bridgehead atoms. The largest absolute Gasteiger partial charge is 0.380 e. The molecular formula is C24H30N4O2. The highest BCUT2D eigenvalue weighted by Crippen LogP contribution is 2.39. The molecule has 158 valence electrons. The van der Waals surface area contributed by atoms with Crippen molar-refractivity contribution in [2.24, 2.45) is 0 Å². The van der Waals surface area contributed by atoms with E-state index in [4.69, 9.17) is 0 Å². The van der Waals surface area contributed by atoms with Crippen molar-refractivity contribution in [1.29, 1.82) is 0 Å². The molecule has 6 heteroatoms. The number of aromatic nitrogens is 1. The first kappa shape index (κ1) is 20.4. The number of hydrogen-bond acceptors (Lipinski definition) is 4. The Morgan fingerprint density at radius 1 is 1.27 bits per heavy atom. The fraction of sp³-hybridized carbons (Fsp3) is 0.458. The minimum absolute atomic E-state index is 0.0298. The highest BCUT2D eigenvalue weighted by Gasteiger charge is 2.39. The van der Waals surface area contributed by atoms with Crippen molar-refractivity contribution in [3.63, 3.8) is 0 Å². The molecule has 2 aliphatic rings. The van der Waals surface area contributed by atoms with Crippen molar-refractivity contribution in [1.82, 2.24) is 14.8 Å². The number of likely N-dealkylation sites (N-methyl/N-ethyl adjacent to an activating group) is 2. The van der Waals surface area contributed by atoms with Gasteiger partial charge < -0.3 is 15.1 Å². The summed E-state index contributed by atoms with van der Waals surface area (Å²) in [4.78, 5) is 32.2. The molecule has 1 aromatic carbocycles. The summed E-state index contributed by atoms with van der Waals surface area (Å²) < 4.78 is 0. The number of hydrogen-bond donors (Lipinski definition) is 1. The predicted molar refractivity (Wildman–Crippen MR) is 117 cm³/mol. The van der Waals surface area contributed by atoms with E-state index in [2.05, 4.69) is 48.4 Å². The molecule has 1 N–H and O–H groups in total. The van der Waals surface area contributed by atoms with Gasteiger partial charge in [-0.15, -0.1) is 0 Å². The molecule has 1 aliphatic carbocycles. The number of rotatable bonds is 5. The summed E-state index contributed by atoms with van der Waals surface area (Å²) in [5.41, 5.74) is 4.67. The van der Waals surface area contributed by atoms with E-state index in [9.17, 15) is 9.59 Å².